The van der Waals surface area contributed by atoms with Gasteiger partial charge in [-0.3, -0.25) is 0 Å². The van der Waals surface area contributed by atoms with Crippen molar-refractivity contribution in [3.05, 3.63) is 0 Å². The van der Waals surface area contributed by atoms with Crippen molar-refractivity contribution in [1.82, 2.24) is 0 Å². The minimum atomic E-state index is -1.83. The Balaban J connectivity index is 2.76. The molecule has 1 rings (SSSR count). The van der Waals surface area contributed by atoms with Crippen LogP contribution in [0.3, 0.4) is 0 Å². The minimum Gasteiger partial charge on any atom is -0.409 e. The van der Waals surface area contributed by atoms with Gasteiger partial charge in [-0.05, 0) is 37.4 Å². The van der Waals surface area contributed by atoms with Crippen molar-refractivity contribution < 1.29 is 14.3 Å². The number of methoxy groups -OCH3 is 1. The van der Waals surface area contributed by atoms with Gasteiger partial charge in [0.05, 0.1) is 18.3 Å². The summed E-state index contributed by atoms with van der Waals surface area (Å²) in [5.41, 5.74) is 0. The summed E-state index contributed by atoms with van der Waals surface area (Å²) in [5.74, 6) is 0. The first-order chi connectivity index (χ1) is 7.69. The first-order valence-corrected chi connectivity index (χ1v) is 9.48. The van der Waals surface area contributed by atoms with Crippen molar-refractivity contribution in [3.63, 3.8) is 0 Å². The summed E-state index contributed by atoms with van der Waals surface area (Å²) in [7, 11) is -0.119. The van der Waals surface area contributed by atoms with Gasteiger partial charge in [-0.15, -0.1) is 0 Å². The summed E-state index contributed by atoms with van der Waals surface area (Å²) in [6.45, 7) is 11.1. The summed E-state index contributed by atoms with van der Waals surface area (Å²) < 4.78 is 11.8. The van der Waals surface area contributed by atoms with E-state index in [1.165, 1.54) is 0 Å². The molecule has 4 heteroatoms. The Bertz CT molecular complexity index is 248. The van der Waals surface area contributed by atoms with E-state index in [-0.39, 0.29) is 23.4 Å². The van der Waals surface area contributed by atoms with Crippen molar-refractivity contribution >= 4 is 8.32 Å². The van der Waals surface area contributed by atoms with Crippen LogP contribution in [0.1, 0.15) is 40.0 Å². The molecule has 0 aromatic heterocycles. The van der Waals surface area contributed by atoms with Crippen LogP contribution in [-0.4, -0.2) is 38.8 Å². The molecule has 102 valence electrons. The fourth-order valence-corrected chi connectivity index (χ4v) is 3.37. The zero-order valence-electron chi connectivity index (χ0n) is 12.1. The third-order valence-corrected chi connectivity index (χ3v) is 8.75. The van der Waals surface area contributed by atoms with E-state index in [2.05, 4.69) is 33.9 Å². The SMILES string of the molecule is CO[C@@H]1CCC[C@@H](O)[C@H]1O[Si](C)(C)C(C)(C)C. The Labute approximate surface area is 107 Å². The molecule has 3 atom stereocenters. The van der Waals surface area contributed by atoms with E-state index in [1.807, 2.05) is 0 Å². The van der Waals surface area contributed by atoms with Crippen molar-refractivity contribution in [3.8, 4) is 0 Å². The standard InChI is InChI=1S/C13H28O3Si/c1-13(2,3)17(5,6)16-12-10(14)8-7-9-11(12)15-4/h10-12,14H,7-9H2,1-6H3/t10-,11-,12-/m1/s1. The van der Waals surface area contributed by atoms with Gasteiger partial charge in [-0.25, -0.2) is 0 Å². The van der Waals surface area contributed by atoms with Gasteiger partial charge >= 0.3 is 0 Å². The van der Waals surface area contributed by atoms with E-state index in [1.54, 1.807) is 7.11 Å². The van der Waals surface area contributed by atoms with Gasteiger partial charge in [-0.2, -0.15) is 0 Å². The second kappa shape index (κ2) is 5.39. The average molecular weight is 260 g/mol. The van der Waals surface area contributed by atoms with Crippen LogP contribution in [0.5, 0.6) is 0 Å². The summed E-state index contributed by atoms with van der Waals surface area (Å²) in [5, 5.41) is 10.3. The van der Waals surface area contributed by atoms with E-state index in [4.69, 9.17) is 9.16 Å². The molecule has 0 aromatic rings. The Kier molecular flexibility index (Phi) is 4.80. The van der Waals surface area contributed by atoms with Crippen LogP contribution in [0, 0.1) is 0 Å². The van der Waals surface area contributed by atoms with Crippen LogP contribution in [0.4, 0.5) is 0 Å². The zero-order chi connectivity index (χ0) is 13.3. The fourth-order valence-electron chi connectivity index (χ4n) is 2.03. The van der Waals surface area contributed by atoms with Crippen molar-refractivity contribution in [2.45, 2.75) is 76.5 Å². The lowest BCUT2D eigenvalue weighted by Gasteiger charge is -2.44. The molecule has 0 saturated heterocycles. The van der Waals surface area contributed by atoms with Gasteiger partial charge in [-0.1, -0.05) is 20.8 Å². The largest absolute Gasteiger partial charge is 0.409 e. The van der Waals surface area contributed by atoms with Gasteiger partial charge in [0, 0.05) is 7.11 Å². The number of hydrogen-bond acceptors (Lipinski definition) is 3. The van der Waals surface area contributed by atoms with Crippen LogP contribution in [0.2, 0.25) is 18.1 Å². The highest BCUT2D eigenvalue weighted by Crippen LogP contribution is 2.39. The molecule has 0 radical (unpaired) electrons. The molecule has 0 heterocycles. The lowest BCUT2D eigenvalue weighted by atomic mass is 9.92. The number of aliphatic hydroxyl groups excluding tert-OH is 1. The Morgan fingerprint density at radius 1 is 1.18 bits per heavy atom. The molecule has 1 aliphatic carbocycles. The molecule has 0 unspecified atom stereocenters. The summed E-state index contributed by atoms with van der Waals surface area (Å²) in [4.78, 5) is 0. The van der Waals surface area contributed by atoms with Gasteiger partial charge in [0.2, 0.25) is 0 Å². The van der Waals surface area contributed by atoms with Crippen LogP contribution >= 0.6 is 0 Å². The summed E-state index contributed by atoms with van der Waals surface area (Å²) >= 11 is 0. The van der Waals surface area contributed by atoms with Gasteiger partial charge < -0.3 is 14.3 Å². The lowest BCUT2D eigenvalue weighted by molar-refractivity contribution is -0.0923. The van der Waals surface area contributed by atoms with E-state index in [0.29, 0.717) is 0 Å². The Morgan fingerprint density at radius 3 is 2.24 bits per heavy atom. The molecule has 0 amide bonds. The van der Waals surface area contributed by atoms with E-state index >= 15 is 0 Å². The Morgan fingerprint density at radius 2 is 1.76 bits per heavy atom. The average Bonchev–Trinajstić information content (AvgIpc) is 2.19. The quantitative estimate of drug-likeness (QED) is 0.793. The third kappa shape index (κ3) is 3.53. The maximum atomic E-state index is 10.1. The lowest BCUT2D eigenvalue weighted by Crippen LogP contribution is -2.53. The molecule has 3 nitrogen and oxygen atoms in total. The monoisotopic (exact) mass is 260 g/mol. The van der Waals surface area contributed by atoms with E-state index in [0.717, 1.165) is 19.3 Å². The molecule has 1 saturated carbocycles. The minimum absolute atomic E-state index is 0.0490. The normalized spacial score (nSPS) is 31.6. The molecule has 17 heavy (non-hydrogen) atoms. The molecule has 1 fully saturated rings. The molecule has 0 aromatic carbocycles. The number of aliphatic hydroxyl groups is 1. The maximum absolute atomic E-state index is 10.1. The van der Waals surface area contributed by atoms with E-state index < -0.39 is 8.32 Å². The highest BCUT2D eigenvalue weighted by Gasteiger charge is 2.43. The zero-order valence-corrected chi connectivity index (χ0v) is 13.1. The number of rotatable bonds is 3. The van der Waals surface area contributed by atoms with Crippen LogP contribution in [0.15, 0.2) is 0 Å². The van der Waals surface area contributed by atoms with Gasteiger partial charge in [0.15, 0.2) is 8.32 Å². The van der Waals surface area contributed by atoms with Crippen molar-refractivity contribution in [2.75, 3.05) is 7.11 Å². The highest BCUT2D eigenvalue weighted by molar-refractivity contribution is 6.74. The molecule has 1 N–H and O–H groups in total. The van der Waals surface area contributed by atoms with Crippen LogP contribution in [-0.2, 0) is 9.16 Å². The predicted octanol–water partition coefficient (Wildman–Crippen LogP) is 2.94. The molecule has 0 aliphatic heterocycles. The van der Waals surface area contributed by atoms with Gasteiger partial charge in [0.1, 0.15) is 0 Å². The van der Waals surface area contributed by atoms with Crippen LogP contribution in [0.25, 0.3) is 0 Å². The molecular weight excluding hydrogens is 232 g/mol. The third-order valence-electron chi connectivity index (χ3n) is 4.27. The summed E-state index contributed by atoms with van der Waals surface area (Å²) in [6.07, 6.45) is 2.38. The van der Waals surface area contributed by atoms with Crippen LogP contribution < -0.4 is 0 Å². The first-order valence-electron chi connectivity index (χ1n) is 6.58. The topological polar surface area (TPSA) is 38.7 Å². The first kappa shape index (κ1) is 15.2. The molecule has 1 aliphatic rings. The second-order valence-corrected chi connectivity index (χ2v) is 11.4. The maximum Gasteiger partial charge on any atom is 0.192 e. The fraction of sp³-hybridized carbons (Fsp3) is 1.00. The van der Waals surface area contributed by atoms with Crippen molar-refractivity contribution in [2.24, 2.45) is 0 Å². The highest BCUT2D eigenvalue weighted by atomic mass is 28.4. The Hall–Kier alpha value is 0.0969. The molecular formula is C13H28O3Si. The van der Waals surface area contributed by atoms with Crippen molar-refractivity contribution in [1.29, 1.82) is 0 Å². The smallest absolute Gasteiger partial charge is 0.192 e. The number of ether oxygens (including phenoxy) is 1. The molecule has 0 spiro atoms. The summed E-state index contributed by atoms with van der Waals surface area (Å²) in [6, 6.07) is 0. The number of hydrogen-bond donors (Lipinski definition) is 1. The van der Waals surface area contributed by atoms with E-state index in [9.17, 15) is 5.11 Å². The predicted molar refractivity (Wildman–Crippen MR) is 72.7 cm³/mol. The van der Waals surface area contributed by atoms with Gasteiger partial charge in [0.25, 0.3) is 0 Å². The molecule has 0 bridgehead atoms. The second-order valence-electron chi connectivity index (χ2n) is 6.62.